The van der Waals surface area contributed by atoms with Crippen LogP contribution in [0.3, 0.4) is 0 Å². The number of ether oxygens (including phenoxy) is 1. The van der Waals surface area contributed by atoms with Crippen LogP contribution in [0.25, 0.3) is 0 Å². The molecule has 0 bridgehead atoms. The molecular formula is C19H25NO. The molecule has 1 unspecified atom stereocenters. The van der Waals surface area contributed by atoms with Crippen LogP contribution >= 0.6 is 0 Å². The summed E-state index contributed by atoms with van der Waals surface area (Å²) in [7, 11) is 0. The third-order valence-corrected chi connectivity index (χ3v) is 4.64. The summed E-state index contributed by atoms with van der Waals surface area (Å²) in [5.41, 5.74) is 2.13. The summed E-state index contributed by atoms with van der Waals surface area (Å²) >= 11 is 0. The van der Waals surface area contributed by atoms with E-state index in [4.69, 9.17) is 10.00 Å². The molecule has 0 heterocycles. The molecule has 1 atom stereocenters. The predicted molar refractivity (Wildman–Crippen MR) is 86.1 cm³/mol. The average Bonchev–Trinajstić information content (AvgIpc) is 2.56. The van der Waals surface area contributed by atoms with E-state index in [0.29, 0.717) is 24.5 Å². The molecule has 1 aromatic carbocycles. The highest BCUT2D eigenvalue weighted by atomic mass is 16.5. The SMILES string of the molecule is C=CCOC(CC)C1CCC(c2ccc(C#N)cc2)CC1. The van der Waals surface area contributed by atoms with Crippen LogP contribution < -0.4 is 0 Å². The van der Waals surface area contributed by atoms with Crippen LogP contribution in [0, 0.1) is 17.2 Å². The third-order valence-electron chi connectivity index (χ3n) is 4.64. The van der Waals surface area contributed by atoms with E-state index in [-0.39, 0.29) is 0 Å². The van der Waals surface area contributed by atoms with Gasteiger partial charge in [-0.3, -0.25) is 0 Å². The van der Waals surface area contributed by atoms with E-state index in [0.717, 1.165) is 12.0 Å². The van der Waals surface area contributed by atoms with Crippen molar-refractivity contribution in [2.45, 2.75) is 51.0 Å². The highest BCUT2D eigenvalue weighted by molar-refractivity contribution is 5.33. The van der Waals surface area contributed by atoms with Crippen LogP contribution in [0.5, 0.6) is 0 Å². The van der Waals surface area contributed by atoms with E-state index >= 15 is 0 Å². The summed E-state index contributed by atoms with van der Waals surface area (Å²) in [5, 5.41) is 8.86. The molecule has 0 saturated heterocycles. The van der Waals surface area contributed by atoms with Gasteiger partial charge in [-0.15, -0.1) is 6.58 Å². The van der Waals surface area contributed by atoms with Crippen molar-refractivity contribution in [1.82, 2.24) is 0 Å². The maximum absolute atomic E-state index is 8.86. The summed E-state index contributed by atoms with van der Waals surface area (Å²) < 4.78 is 5.90. The minimum atomic E-state index is 0.380. The summed E-state index contributed by atoms with van der Waals surface area (Å²) in [6.45, 7) is 6.60. The minimum absolute atomic E-state index is 0.380. The second-order valence-electron chi connectivity index (χ2n) is 5.91. The zero-order chi connectivity index (χ0) is 15.1. The Morgan fingerprint density at radius 1 is 1.29 bits per heavy atom. The largest absolute Gasteiger partial charge is 0.374 e. The van der Waals surface area contributed by atoms with Crippen LogP contribution in [0.4, 0.5) is 0 Å². The van der Waals surface area contributed by atoms with Gasteiger partial charge >= 0.3 is 0 Å². The third kappa shape index (κ3) is 4.19. The van der Waals surface area contributed by atoms with Crippen molar-refractivity contribution >= 4 is 0 Å². The normalized spacial score (nSPS) is 23.2. The van der Waals surface area contributed by atoms with Gasteiger partial charge in [-0.05, 0) is 61.6 Å². The Hall–Kier alpha value is -1.59. The summed E-state index contributed by atoms with van der Waals surface area (Å²) in [5.74, 6) is 1.33. The highest BCUT2D eigenvalue weighted by Crippen LogP contribution is 2.38. The van der Waals surface area contributed by atoms with Gasteiger partial charge in [-0.1, -0.05) is 25.1 Å². The molecule has 1 fully saturated rings. The fraction of sp³-hybridized carbons (Fsp3) is 0.526. The molecule has 2 heteroatoms. The Bertz CT molecular complexity index is 477. The molecule has 2 nitrogen and oxygen atoms in total. The molecule has 1 aliphatic carbocycles. The Kier molecular flexibility index (Phi) is 6.02. The van der Waals surface area contributed by atoms with Crippen LogP contribution in [-0.4, -0.2) is 12.7 Å². The van der Waals surface area contributed by atoms with Gasteiger partial charge in [-0.2, -0.15) is 5.26 Å². The highest BCUT2D eigenvalue weighted by Gasteiger charge is 2.27. The molecule has 0 spiro atoms. The van der Waals surface area contributed by atoms with E-state index in [2.05, 4.69) is 31.7 Å². The van der Waals surface area contributed by atoms with E-state index in [1.807, 2.05) is 18.2 Å². The smallest absolute Gasteiger partial charge is 0.0991 e. The molecule has 0 amide bonds. The standard InChI is InChI=1S/C19H25NO/c1-3-13-21-19(4-2)18-11-9-17(10-12-18)16-7-5-15(14-20)6-8-16/h3,5-8,17-19H,1,4,9-13H2,2H3. The lowest BCUT2D eigenvalue weighted by Gasteiger charge is -2.33. The fourth-order valence-electron chi connectivity index (χ4n) is 3.43. The second kappa shape index (κ2) is 8.00. The number of hydrogen-bond acceptors (Lipinski definition) is 2. The Morgan fingerprint density at radius 3 is 2.48 bits per heavy atom. The number of rotatable bonds is 6. The molecule has 2 rings (SSSR count). The van der Waals surface area contributed by atoms with Crippen molar-refractivity contribution in [3.05, 3.63) is 48.0 Å². The first kappa shape index (κ1) is 15.8. The topological polar surface area (TPSA) is 33.0 Å². The number of benzene rings is 1. The molecular weight excluding hydrogens is 258 g/mol. The van der Waals surface area contributed by atoms with Crippen molar-refractivity contribution in [2.24, 2.45) is 5.92 Å². The van der Waals surface area contributed by atoms with Gasteiger partial charge in [0.2, 0.25) is 0 Å². The Balaban J connectivity index is 1.89. The first-order valence-electron chi connectivity index (χ1n) is 8.01. The molecule has 112 valence electrons. The number of hydrogen-bond donors (Lipinski definition) is 0. The molecule has 1 aliphatic rings. The van der Waals surface area contributed by atoms with Crippen LogP contribution in [0.1, 0.15) is 56.1 Å². The molecule has 0 N–H and O–H groups in total. The van der Waals surface area contributed by atoms with Gasteiger partial charge < -0.3 is 4.74 Å². The van der Waals surface area contributed by atoms with Gasteiger partial charge in [0.05, 0.1) is 24.3 Å². The van der Waals surface area contributed by atoms with Gasteiger partial charge in [-0.25, -0.2) is 0 Å². The van der Waals surface area contributed by atoms with E-state index in [1.54, 1.807) is 0 Å². The Morgan fingerprint density at radius 2 is 1.95 bits per heavy atom. The molecule has 21 heavy (non-hydrogen) atoms. The summed E-state index contributed by atoms with van der Waals surface area (Å²) in [4.78, 5) is 0. The molecule has 0 radical (unpaired) electrons. The lowest BCUT2D eigenvalue weighted by molar-refractivity contribution is 0.0115. The summed E-state index contributed by atoms with van der Waals surface area (Å²) in [6, 6.07) is 10.3. The van der Waals surface area contributed by atoms with Gasteiger partial charge in [0, 0.05) is 0 Å². The predicted octanol–water partition coefficient (Wildman–Crippen LogP) is 4.81. The van der Waals surface area contributed by atoms with Crippen LogP contribution in [0.2, 0.25) is 0 Å². The first-order valence-corrected chi connectivity index (χ1v) is 8.01. The molecule has 1 saturated carbocycles. The molecule has 0 aliphatic heterocycles. The second-order valence-corrected chi connectivity index (χ2v) is 5.91. The van der Waals surface area contributed by atoms with Gasteiger partial charge in [0.25, 0.3) is 0 Å². The minimum Gasteiger partial charge on any atom is -0.374 e. The number of nitrogens with zero attached hydrogens (tertiary/aromatic N) is 1. The zero-order valence-corrected chi connectivity index (χ0v) is 12.9. The van der Waals surface area contributed by atoms with Crippen LogP contribution in [0.15, 0.2) is 36.9 Å². The maximum atomic E-state index is 8.86. The maximum Gasteiger partial charge on any atom is 0.0991 e. The zero-order valence-electron chi connectivity index (χ0n) is 12.9. The van der Waals surface area contributed by atoms with Gasteiger partial charge in [0.1, 0.15) is 0 Å². The Labute approximate surface area is 128 Å². The van der Waals surface area contributed by atoms with Crippen molar-refractivity contribution in [3.63, 3.8) is 0 Å². The van der Waals surface area contributed by atoms with E-state index in [1.165, 1.54) is 31.2 Å². The summed E-state index contributed by atoms with van der Waals surface area (Å²) in [6.07, 6.45) is 8.23. The monoisotopic (exact) mass is 283 g/mol. The van der Waals surface area contributed by atoms with E-state index < -0.39 is 0 Å². The van der Waals surface area contributed by atoms with Crippen molar-refractivity contribution < 1.29 is 4.74 Å². The lowest BCUT2D eigenvalue weighted by Crippen LogP contribution is -2.27. The average molecular weight is 283 g/mol. The quantitative estimate of drug-likeness (QED) is 0.702. The first-order chi connectivity index (χ1) is 10.3. The van der Waals surface area contributed by atoms with E-state index in [9.17, 15) is 0 Å². The number of nitriles is 1. The molecule has 0 aromatic heterocycles. The van der Waals surface area contributed by atoms with Gasteiger partial charge in [0.15, 0.2) is 0 Å². The molecule has 1 aromatic rings. The van der Waals surface area contributed by atoms with Crippen molar-refractivity contribution in [1.29, 1.82) is 5.26 Å². The van der Waals surface area contributed by atoms with Crippen molar-refractivity contribution in [3.8, 4) is 6.07 Å². The fourth-order valence-corrected chi connectivity index (χ4v) is 3.43. The lowest BCUT2D eigenvalue weighted by atomic mass is 9.76. The van der Waals surface area contributed by atoms with Crippen LogP contribution in [-0.2, 0) is 4.74 Å². The van der Waals surface area contributed by atoms with Crippen molar-refractivity contribution in [2.75, 3.05) is 6.61 Å².